The van der Waals surface area contributed by atoms with Crippen LogP contribution in [0.15, 0.2) is 6.33 Å². The first kappa shape index (κ1) is 12.4. The number of halogens is 1. The van der Waals surface area contributed by atoms with Gasteiger partial charge in [0, 0.05) is 34.9 Å². The van der Waals surface area contributed by atoms with E-state index >= 15 is 0 Å². The van der Waals surface area contributed by atoms with Gasteiger partial charge in [0.2, 0.25) is 0 Å². The van der Waals surface area contributed by atoms with Crippen molar-refractivity contribution >= 4 is 28.2 Å². The van der Waals surface area contributed by atoms with E-state index in [1.165, 1.54) is 6.33 Å². The lowest BCUT2D eigenvalue weighted by atomic mass is 10.3. The molecular formula is C9H14ClN3OS. The zero-order chi connectivity index (χ0) is 11.3. The average molecular weight is 248 g/mol. The molecule has 1 aromatic rings. The Balaban J connectivity index is 2.44. The second-order valence-corrected chi connectivity index (χ2v) is 5.11. The van der Waals surface area contributed by atoms with Crippen LogP contribution in [0, 0.1) is 6.92 Å². The van der Waals surface area contributed by atoms with Crippen LogP contribution in [0.5, 0.6) is 0 Å². The Morgan fingerprint density at radius 2 is 2.27 bits per heavy atom. The topological polar surface area (TPSA) is 54.9 Å². The third kappa shape index (κ3) is 4.13. The van der Waals surface area contributed by atoms with Crippen LogP contribution in [0.2, 0.25) is 5.15 Å². The van der Waals surface area contributed by atoms with E-state index in [0.29, 0.717) is 10.9 Å². The first-order valence-corrected chi connectivity index (χ1v) is 6.72. The number of anilines is 1. The summed E-state index contributed by atoms with van der Waals surface area (Å²) in [4.78, 5) is 7.93. The van der Waals surface area contributed by atoms with E-state index in [1.54, 1.807) is 6.26 Å². The number of rotatable bonds is 5. The maximum Gasteiger partial charge on any atom is 0.137 e. The van der Waals surface area contributed by atoms with Crippen LogP contribution in [0.1, 0.15) is 12.0 Å². The van der Waals surface area contributed by atoms with Gasteiger partial charge in [0.05, 0.1) is 0 Å². The van der Waals surface area contributed by atoms with Crippen molar-refractivity contribution in [1.29, 1.82) is 0 Å². The normalized spacial score (nSPS) is 12.5. The van der Waals surface area contributed by atoms with Gasteiger partial charge in [-0.3, -0.25) is 4.21 Å². The molecule has 84 valence electrons. The van der Waals surface area contributed by atoms with Gasteiger partial charge in [-0.25, -0.2) is 9.97 Å². The summed E-state index contributed by atoms with van der Waals surface area (Å²) >= 11 is 5.84. The smallest absolute Gasteiger partial charge is 0.137 e. The zero-order valence-corrected chi connectivity index (χ0v) is 10.4. The van der Waals surface area contributed by atoms with Crippen molar-refractivity contribution in [3.8, 4) is 0 Å². The van der Waals surface area contributed by atoms with Gasteiger partial charge in [0.1, 0.15) is 17.3 Å². The highest BCUT2D eigenvalue weighted by molar-refractivity contribution is 7.84. The lowest BCUT2D eigenvalue weighted by Gasteiger charge is -2.07. The summed E-state index contributed by atoms with van der Waals surface area (Å²) in [7, 11) is -0.732. The molecule has 0 bridgehead atoms. The molecule has 0 aromatic carbocycles. The van der Waals surface area contributed by atoms with Crippen LogP contribution in [0.3, 0.4) is 0 Å². The summed E-state index contributed by atoms with van der Waals surface area (Å²) in [5, 5.41) is 3.60. The molecule has 0 aliphatic rings. The average Bonchev–Trinajstić information content (AvgIpc) is 2.18. The van der Waals surface area contributed by atoms with E-state index in [9.17, 15) is 4.21 Å². The molecule has 0 saturated heterocycles. The molecule has 0 saturated carbocycles. The van der Waals surface area contributed by atoms with Gasteiger partial charge in [-0.2, -0.15) is 0 Å². The Morgan fingerprint density at radius 1 is 1.53 bits per heavy atom. The van der Waals surface area contributed by atoms with Gasteiger partial charge in [0.15, 0.2) is 0 Å². The molecule has 1 unspecified atom stereocenters. The fourth-order valence-corrected chi connectivity index (χ4v) is 1.77. The molecule has 0 amide bonds. The van der Waals surface area contributed by atoms with Crippen molar-refractivity contribution in [3.05, 3.63) is 17.0 Å². The molecule has 1 heterocycles. The number of hydrogen-bond donors (Lipinski definition) is 1. The highest BCUT2D eigenvalue weighted by Crippen LogP contribution is 2.17. The van der Waals surface area contributed by atoms with Crippen molar-refractivity contribution in [1.82, 2.24) is 9.97 Å². The molecule has 1 rings (SSSR count). The maximum atomic E-state index is 10.8. The Kier molecular flexibility index (Phi) is 4.98. The van der Waals surface area contributed by atoms with Gasteiger partial charge in [-0.05, 0) is 13.3 Å². The molecule has 1 aromatic heterocycles. The Hall–Kier alpha value is -0.680. The predicted molar refractivity (Wildman–Crippen MR) is 63.8 cm³/mol. The van der Waals surface area contributed by atoms with E-state index in [1.807, 2.05) is 6.92 Å². The quantitative estimate of drug-likeness (QED) is 0.635. The van der Waals surface area contributed by atoms with E-state index in [-0.39, 0.29) is 0 Å². The summed E-state index contributed by atoms with van der Waals surface area (Å²) in [5.41, 5.74) is 0.844. The number of aromatic nitrogens is 2. The van der Waals surface area contributed by atoms with Gasteiger partial charge in [-0.15, -0.1) is 0 Å². The number of nitrogens with zero attached hydrogens (tertiary/aromatic N) is 2. The minimum Gasteiger partial charge on any atom is -0.370 e. The number of nitrogens with one attached hydrogen (secondary N) is 1. The minimum atomic E-state index is -0.732. The molecule has 4 nitrogen and oxygen atoms in total. The van der Waals surface area contributed by atoms with Crippen molar-refractivity contribution in [2.24, 2.45) is 0 Å². The highest BCUT2D eigenvalue weighted by Gasteiger charge is 2.03. The van der Waals surface area contributed by atoms with Crippen LogP contribution < -0.4 is 5.32 Å². The highest BCUT2D eigenvalue weighted by atomic mass is 35.5. The molecule has 0 aliphatic heterocycles. The van der Waals surface area contributed by atoms with Gasteiger partial charge < -0.3 is 5.32 Å². The van der Waals surface area contributed by atoms with Gasteiger partial charge in [0.25, 0.3) is 0 Å². The molecule has 0 spiro atoms. The second-order valence-electron chi connectivity index (χ2n) is 3.20. The molecule has 0 radical (unpaired) electrons. The lowest BCUT2D eigenvalue weighted by molar-refractivity contribution is 0.685. The van der Waals surface area contributed by atoms with Crippen LogP contribution in [-0.2, 0) is 10.8 Å². The Bertz CT molecular complexity index is 359. The predicted octanol–water partition coefficient (Wildman–Crippen LogP) is 1.62. The zero-order valence-electron chi connectivity index (χ0n) is 8.79. The van der Waals surface area contributed by atoms with Gasteiger partial charge >= 0.3 is 0 Å². The Morgan fingerprint density at radius 3 is 2.93 bits per heavy atom. The summed E-state index contributed by atoms with van der Waals surface area (Å²) in [5.74, 6) is 1.45. The molecule has 1 N–H and O–H groups in total. The maximum absolute atomic E-state index is 10.8. The third-order valence-electron chi connectivity index (χ3n) is 1.92. The van der Waals surface area contributed by atoms with Crippen molar-refractivity contribution in [2.45, 2.75) is 13.3 Å². The molecule has 6 heteroatoms. The summed E-state index contributed by atoms with van der Waals surface area (Å²) in [6, 6.07) is 0. The summed E-state index contributed by atoms with van der Waals surface area (Å²) in [6.45, 7) is 2.61. The SMILES string of the molecule is Cc1c(Cl)ncnc1NCCCS(C)=O. The molecule has 1 atom stereocenters. The largest absolute Gasteiger partial charge is 0.370 e. The lowest BCUT2D eigenvalue weighted by Crippen LogP contribution is -2.08. The van der Waals surface area contributed by atoms with Gasteiger partial charge in [-0.1, -0.05) is 11.6 Å². The fraction of sp³-hybridized carbons (Fsp3) is 0.556. The van der Waals surface area contributed by atoms with Crippen LogP contribution in [0.4, 0.5) is 5.82 Å². The van der Waals surface area contributed by atoms with E-state index in [2.05, 4.69) is 15.3 Å². The first-order valence-electron chi connectivity index (χ1n) is 4.62. The van der Waals surface area contributed by atoms with E-state index in [4.69, 9.17) is 11.6 Å². The Labute approximate surface area is 96.9 Å². The van der Waals surface area contributed by atoms with Crippen molar-refractivity contribution < 1.29 is 4.21 Å². The monoisotopic (exact) mass is 247 g/mol. The molecule has 0 fully saturated rings. The second kappa shape index (κ2) is 6.02. The number of hydrogen-bond acceptors (Lipinski definition) is 4. The first-order chi connectivity index (χ1) is 7.11. The van der Waals surface area contributed by atoms with E-state index < -0.39 is 10.8 Å². The standard InChI is InChI=1S/C9H14ClN3OS/c1-7-8(10)12-6-13-9(7)11-4-3-5-15(2)14/h6H,3-5H2,1-2H3,(H,11,12,13). The molecule has 0 aliphatic carbocycles. The fourth-order valence-electron chi connectivity index (χ4n) is 1.09. The van der Waals surface area contributed by atoms with Crippen molar-refractivity contribution in [3.63, 3.8) is 0 Å². The molecule has 15 heavy (non-hydrogen) atoms. The molecular weight excluding hydrogens is 234 g/mol. The van der Waals surface area contributed by atoms with E-state index in [0.717, 1.165) is 24.3 Å². The van der Waals surface area contributed by atoms with Crippen LogP contribution >= 0.6 is 11.6 Å². The summed E-state index contributed by atoms with van der Waals surface area (Å²) in [6.07, 6.45) is 3.98. The minimum absolute atomic E-state index is 0.464. The van der Waals surface area contributed by atoms with Crippen LogP contribution in [0.25, 0.3) is 0 Å². The van der Waals surface area contributed by atoms with Crippen molar-refractivity contribution in [2.75, 3.05) is 23.9 Å². The van der Waals surface area contributed by atoms with Crippen LogP contribution in [-0.4, -0.2) is 32.7 Å². The third-order valence-corrected chi connectivity index (χ3v) is 3.17. The summed E-state index contributed by atoms with van der Waals surface area (Å²) < 4.78 is 10.8.